The standard InChI is InChI=1S/C14H14N2O2/c1-9-2-7-12(15)13(8-9)16-14(18)10-3-5-11(17)6-4-10/h2-8,17H,15H2,1H3,(H,16,18). The highest BCUT2D eigenvalue weighted by Crippen LogP contribution is 2.20. The SMILES string of the molecule is Cc1ccc(N)c(NC(=O)c2ccc(O)cc2)c1. The van der Waals surface area contributed by atoms with Crippen LogP contribution < -0.4 is 11.1 Å². The highest BCUT2D eigenvalue weighted by molar-refractivity contribution is 6.05. The number of anilines is 2. The molecular formula is C14H14N2O2. The number of aryl methyl sites for hydroxylation is 1. The molecule has 2 aromatic rings. The fourth-order valence-electron chi connectivity index (χ4n) is 1.59. The Balaban J connectivity index is 2.21. The van der Waals surface area contributed by atoms with Crippen LogP contribution in [0.1, 0.15) is 15.9 Å². The van der Waals surface area contributed by atoms with Gasteiger partial charge in [-0.1, -0.05) is 6.07 Å². The van der Waals surface area contributed by atoms with Crippen molar-refractivity contribution in [2.45, 2.75) is 6.92 Å². The number of aromatic hydroxyl groups is 1. The molecular weight excluding hydrogens is 228 g/mol. The van der Waals surface area contributed by atoms with Crippen molar-refractivity contribution in [1.82, 2.24) is 0 Å². The number of phenolic OH excluding ortho intramolecular Hbond substituents is 1. The van der Waals surface area contributed by atoms with E-state index in [0.717, 1.165) is 5.56 Å². The summed E-state index contributed by atoms with van der Waals surface area (Å²) in [6, 6.07) is 11.5. The van der Waals surface area contributed by atoms with Crippen LogP contribution in [-0.2, 0) is 0 Å². The molecule has 0 radical (unpaired) electrons. The molecule has 2 rings (SSSR count). The van der Waals surface area contributed by atoms with Crippen molar-refractivity contribution in [3.63, 3.8) is 0 Å². The summed E-state index contributed by atoms with van der Waals surface area (Å²) in [4.78, 5) is 11.9. The molecule has 18 heavy (non-hydrogen) atoms. The zero-order valence-corrected chi connectivity index (χ0v) is 9.97. The fraction of sp³-hybridized carbons (Fsp3) is 0.0714. The van der Waals surface area contributed by atoms with Crippen LogP contribution in [0, 0.1) is 6.92 Å². The lowest BCUT2D eigenvalue weighted by atomic mass is 10.1. The minimum Gasteiger partial charge on any atom is -0.508 e. The number of nitrogen functional groups attached to an aromatic ring is 1. The summed E-state index contributed by atoms with van der Waals surface area (Å²) in [6.07, 6.45) is 0. The smallest absolute Gasteiger partial charge is 0.255 e. The maximum Gasteiger partial charge on any atom is 0.255 e. The number of carbonyl (C=O) groups excluding carboxylic acids is 1. The molecule has 0 atom stereocenters. The van der Waals surface area contributed by atoms with Crippen LogP contribution >= 0.6 is 0 Å². The van der Waals surface area contributed by atoms with E-state index in [-0.39, 0.29) is 11.7 Å². The zero-order valence-electron chi connectivity index (χ0n) is 9.97. The first-order valence-corrected chi connectivity index (χ1v) is 5.53. The number of phenols is 1. The Kier molecular flexibility index (Phi) is 3.19. The summed E-state index contributed by atoms with van der Waals surface area (Å²) in [5.74, 6) is -0.131. The molecule has 0 heterocycles. The number of amides is 1. The molecule has 0 aliphatic rings. The van der Waals surface area contributed by atoms with Crippen LogP contribution in [0.25, 0.3) is 0 Å². The molecule has 0 aromatic heterocycles. The lowest BCUT2D eigenvalue weighted by Crippen LogP contribution is -2.13. The minimum atomic E-state index is -0.257. The third-order valence-corrected chi connectivity index (χ3v) is 2.59. The predicted octanol–water partition coefficient (Wildman–Crippen LogP) is 2.54. The van der Waals surface area contributed by atoms with E-state index in [1.165, 1.54) is 12.1 Å². The molecule has 0 fully saturated rings. The molecule has 4 nitrogen and oxygen atoms in total. The summed E-state index contributed by atoms with van der Waals surface area (Å²) in [6.45, 7) is 1.93. The van der Waals surface area contributed by atoms with E-state index >= 15 is 0 Å². The van der Waals surface area contributed by atoms with Gasteiger partial charge in [0.1, 0.15) is 5.75 Å². The average Bonchev–Trinajstić information content (AvgIpc) is 2.34. The minimum absolute atomic E-state index is 0.126. The van der Waals surface area contributed by atoms with Gasteiger partial charge in [-0.2, -0.15) is 0 Å². The van der Waals surface area contributed by atoms with Crippen LogP contribution in [0.4, 0.5) is 11.4 Å². The van der Waals surface area contributed by atoms with E-state index in [1.807, 2.05) is 19.1 Å². The predicted molar refractivity (Wildman–Crippen MR) is 71.7 cm³/mol. The second-order valence-electron chi connectivity index (χ2n) is 4.09. The van der Waals surface area contributed by atoms with Gasteiger partial charge in [0, 0.05) is 5.56 Å². The normalized spacial score (nSPS) is 10.1. The first kappa shape index (κ1) is 12.0. The van der Waals surface area contributed by atoms with Crippen molar-refractivity contribution in [3.05, 3.63) is 53.6 Å². The van der Waals surface area contributed by atoms with Gasteiger partial charge in [0.2, 0.25) is 0 Å². The molecule has 92 valence electrons. The zero-order chi connectivity index (χ0) is 13.1. The van der Waals surface area contributed by atoms with Gasteiger partial charge in [-0.25, -0.2) is 0 Å². The van der Waals surface area contributed by atoms with E-state index in [9.17, 15) is 4.79 Å². The van der Waals surface area contributed by atoms with E-state index in [2.05, 4.69) is 5.32 Å². The summed E-state index contributed by atoms with van der Waals surface area (Å²) < 4.78 is 0. The van der Waals surface area contributed by atoms with Crippen molar-refractivity contribution in [1.29, 1.82) is 0 Å². The number of hydrogen-bond donors (Lipinski definition) is 3. The molecule has 0 aliphatic heterocycles. The van der Waals surface area contributed by atoms with Gasteiger partial charge in [-0.05, 0) is 48.9 Å². The third-order valence-electron chi connectivity index (χ3n) is 2.59. The molecule has 0 aliphatic carbocycles. The van der Waals surface area contributed by atoms with Crippen LogP contribution in [-0.4, -0.2) is 11.0 Å². The quantitative estimate of drug-likeness (QED) is 0.708. The lowest BCUT2D eigenvalue weighted by Gasteiger charge is -2.09. The van der Waals surface area contributed by atoms with Crippen molar-refractivity contribution < 1.29 is 9.90 Å². The first-order chi connectivity index (χ1) is 8.56. The van der Waals surface area contributed by atoms with Crippen molar-refractivity contribution >= 4 is 17.3 Å². The van der Waals surface area contributed by atoms with Gasteiger partial charge in [0.15, 0.2) is 0 Å². The van der Waals surface area contributed by atoms with E-state index in [1.54, 1.807) is 18.2 Å². The molecule has 0 saturated carbocycles. The number of benzene rings is 2. The molecule has 4 heteroatoms. The molecule has 0 saturated heterocycles. The maximum absolute atomic E-state index is 11.9. The topological polar surface area (TPSA) is 75.3 Å². The van der Waals surface area contributed by atoms with E-state index in [0.29, 0.717) is 16.9 Å². The summed E-state index contributed by atoms with van der Waals surface area (Å²) in [5, 5.41) is 11.9. The molecule has 1 amide bonds. The fourth-order valence-corrected chi connectivity index (χ4v) is 1.59. The van der Waals surface area contributed by atoms with Crippen LogP contribution in [0.5, 0.6) is 5.75 Å². The number of hydrogen-bond acceptors (Lipinski definition) is 3. The Morgan fingerprint density at radius 1 is 1.17 bits per heavy atom. The van der Waals surface area contributed by atoms with Gasteiger partial charge < -0.3 is 16.2 Å². The molecule has 4 N–H and O–H groups in total. The lowest BCUT2D eigenvalue weighted by molar-refractivity contribution is 0.102. The monoisotopic (exact) mass is 242 g/mol. The largest absolute Gasteiger partial charge is 0.508 e. The molecule has 0 unspecified atom stereocenters. The van der Waals surface area contributed by atoms with Gasteiger partial charge >= 0.3 is 0 Å². The Morgan fingerprint density at radius 3 is 2.50 bits per heavy atom. The first-order valence-electron chi connectivity index (χ1n) is 5.53. The number of rotatable bonds is 2. The maximum atomic E-state index is 11.9. The number of nitrogens with one attached hydrogen (secondary N) is 1. The van der Waals surface area contributed by atoms with Crippen molar-refractivity contribution in [3.8, 4) is 5.75 Å². The van der Waals surface area contributed by atoms with Gasteiger partial charge in [0.05, 0.1) is 11.4 Å². The van der Waals surface area contributed by atoms with Gasteiger partial charge in [-0.15, -0.1) is 0 Å². The summed E-state index contributed by atoms with van der Waals surface area (Å²) >= 11 is 0. The Bertz CT molecular complexity index is 577. The molecule has 0 spiro atoms. The van der Waals surface area contributed by atoms with E-state index in [4.69, 9.17) is 10.8 Å². The summed E-state index contributed by atoms with van der Waals surface area (Å²) in [7, 11) is 0. The van der Waals surface area contributed by atoms with Crippen molar-refractivity contribution in [2.24, 2.45) is 0 Å². The van der Waals surface area contributed by atoms with Gasteiger partial charge in [0.25, 0.3) is 5.91 Å². The van der Waals surface area contributed by atoms with Gasteiger partial charge in [-0.3, -0.25) is 4.79 Å². The highest BCUT2D eigenvalue weighted by atomic mass is 16.3. The Hall–Kier alpha value is -2.49. The van der Waals surface area contributed by atoms with Crippen molar-refractivity contribution in [2.75, 3.05) is 11.1 Å². The highest BCUT2D eigenvalue weighted by Gasteiger charge is 2.08. The number of nitrogens with two attached hydrogens (primary N) is 1. The second kappa shape index (κ2) is 4.79. The van der Waals surface area contributed by atoms with Crippen LogP contribution in [0.2, 0.25) is 0 Å². The molecule has 2 aromatic carbocycles. The second-order valence-corrected chi connectivity index (χ2v) is 4.09. The van der Waals surface area contributed by atoms with Crippen LogP contribution in [0.3, 0.4) is 0 Å². The Morgan fingerprint density at radius 2 is 1.83 bits per heavy atom. The Labute approximate surface area is 105 Å². The summed E-state index contributed by atoms with van der Waals surface area (Å²) in [5.41, 5.74) is 8.38. The van der Waals surface area contributed by atoms with Crippen LogP contribution in [0.15, 0.2) is 42.5 Å². The third kappa shape index (κ3) is 2.60. The molecule has 0 bridgehead atoms. The average molecular weight is 242 g/mol. The van der Waals surface area contributed by atoms with E-state index < -0.39 is 0 Å². The number of carbonyl (C=O) groups is 1.